The average Bonchev–Trinajstić information content (AvgIpc) is 2.41. The summed E-state index contributed by atoms with van der Waals surface area (Å²) in [6.07, 6.45) is 4.99. The number of H-pyrrole nitrogens is 1. The van der Waals surface area contributed by atoms with E-state index in [-0.39, 0.29) is 11.5 Å². The van der Waals surface area contributed by atoms with Crippen LogP contribution in [0.3, 0.4) is 0 Å². The van der Waals surface area contributed by atoms with Gasteiger partial charge in [-0.15, -0.1) is 0 Å². The Labute approximate surface area is 119 Å². The molecule has 4 heteroatoms. The SMILES string of the molecule is O=c1[nH]c(C2CCCc3ccccc32)ncc1I. The summed E-state index contributed by atoms with van der Waals surface area (Å²) in [4.78, 5) is 19.0. The van der Waals surface area contributed by atoms with Crippen LogP contribution in [0, 0.1) is 3.57 Å². The maximum atomic E-state index is 11.7. The lowest BCUT2D eigenvalue weighted by Gasteiger charge is -2.24. The number of halogens is 1. The zero-order valence-electron chi connectivity index (χ0n) is 9.82. The summed E-state index contributed by atoms with van der Waals surface area (Å²) < 4.78 is 0.639. The zero-order valence-corrected chi connectivity index (χ0v) is 12.0. The number of hydrogen-bond acceptors (Lipinski definition) is 2. The lowest BCUT2D eigenvalue weighted by Crippen LogP contribution is -2.19. The third-order valence-corrected chi connectivity index (χ3v) is 4.24. The van der Waals surface area contributed by atoms with Crippen molar-refractivity contribution in [1.82, 2.24) is 9.97 Å². The fraction of sp³-hybridized carbons (Fsp3) is 0.286. The van der Waals surface area contributed by atoms with Crippen LogP contribution in [0.2, 0.25) is 0 Å². The molecule has 1 unspecified atom stereocenters. The number of nitrogens with one attached hydrogen (secondary N) is 1. The lowest BCUT2D eigenvalue weighted by molar-refractivity contribution is 0.588. The van der Waals surface area contributed by atoms with Crippen LogP contribution in [0.5, 0.6) is 0 Å². The molecule has 0 spiro atoms. The number of hydrogen-bond donors (Lipinski definition) is 1. The minimum absolute atomic E-state index is 0.0383. The molecule has 3 rings (SSSR count). The fourth-order valence-electron chi connectivity index (χ4n) is 2.61. The normalized spacial score (nSPS) is 18.4. The molecule has 0 radical (unpaired) electrons. The summed E-state index contributed by atoms with van der Waals surface area (Å²) in [5.74, 6) is 1.03. The van der Waals surface area contributed by atoms with Crippen molar-refractivity contribution >= 4 is 22.6 Å². The average molecular weight is 352 g/mol. The molecule has 1 aliphatic rings. The van der Waals surface area contributed by atoms with Gasteiger partial charge in [-0.05, 0) is 53.0 Å². The van der Waals surface area contributed by atoms with E-state index in [1.807, 2.05) is 22.6 Å². The number of aryl methyl sites for hydroxylation is 1. The second kappa shape index (κ2) is 4.84. The summed E-state index contributed by atoms with van der Waals surface area (Å²) in [5.41, 5.74) is 2.66. The van der Waals surface area contributed by atoms with Crippen molar-refractivity contribution in [2.24, 2.45) is 0 Å². The first-order chi connectivity index (χ1) is 8.75. The van der Waals surface area contributed by atoms with E-state index in [9.17, 15) is 4.79 Å². The molecular formula is C14H13IN2O. The lowest BCUT2D eigenvalue weighted by atomic mass is 9.82. The highest BCUT2D eigenvalue weighted by molar-refractivity contribution is 14.1. The first-order valence-corrected chi connectivity index (χ1v) is 7.16. The van der Waals surface area contributed by atoms with E-state index in [2.05, 4.69) is 34.2 Å². The van der Waals surface area contributed by atoms with Crippen LogP contribution in [0.15, 0.2) is 35.3 Å². The maximum absolute atomic E-state index is 11.7. The minimum Gasteiger partial charge on any atom is -0.309 e. The Morgan fingerprint density at radius 3 is 3.00 bits per heavy atom. The Balaban J connectivity index is 2.08. The molecule has 1 atom stereocenters. The number of nitrogens with zero attached hydrogens (tertiary/aromatic N) is 1. The predicted molar refractivity (Wildman–Crippen MR) is 78.8 cm³/mol. The van der Waals surface area contributed by atoms with Crippen LogP contribution in [-0.4, -0.2) is 9.97 Å². The second-order valence-electron chi connectivity index (χ2n) is 4.59. The fourth-order valence-corrected chi connectivity index (χ4v) is 2.88. The monoisotopic (exact) mass is 352 g/mol. The molecule has 0 bridgehead atoms. The minimum atomic E-state index is -0.0383. The van der Waals surface area contributed by atoms with Crippen LogP contribution in [0.1, 0.15) is 35.7 Å². The van der Waals surface area contributed by atoms with Crippen molar-refractivity contribution in [3.05, 3.63) is 61.3 Å². The summed E-state index contributed by atoms with van der Waals surface area (Å²) in [6.45, 7) is 0. The molecule has 1 aromatic carbocycles. The molecule has 3 nitrogen and oxygen atoms in total. The molecule has 0 amide bonds. The van der Waals surface area contributed by atoms with Crippen molar-refractivity contribution < 1.29 is 0 Å². The summed E-state index contributed by atoms with van der Waals surface area (Å²) in [7, 11) is 0. The van der Waals surface area contributed by atoms with Gasteiger partial charge in [0.25, 0.3) is 5.56 Å². The van der Waals surface area contributed by atoms with Crippen molar-refractivity contribution in [1.29, 1.82) is 0 Å². The highest BCUT2D eigenvalue weighted by atomic mass is 127. The van der Waals surface area contributed by atoms with Gasteiger partial charge >= 0.3 is 0 Å². The van der Waals surface area contributed by atoms with Crippen molar-refractivity contribution in [2.75, 3.05) is 0 Å². The smallest absolute Gasteiger partial charge is 0.264 e. The second-order valence-corrected chi connectivity index (χ2v) is 5.75. The van der Waals surface area contributed by atoms with Gasteiger partial charge in [-0.3, -0.25) is 4.79 Å². The van der Waals surface area contributed by atoms with Crippen LogP contribution in [0.4, 0.5) is 0 Å². The van der Waals surface area contributed by atoms with E-state index in [1.54, 1.807) is 6.20 Å². The van der Waals surface area contributed by atoms with Crippen molar-refractivity contribution in [3.8, 4) is 0 Å². The first-order valence-electron chi connectivity index (χ1n) is 6.08. The van der Waals surface area contributed by atoms with Gasteiger partial charge in [-0.2, -0.15) is 0 Å². The van der Waals surface area contributed by atoms with E-state index >= 15 is 0 Å². The number of aromatic amines is 1. The Morgan fingerprint density at radius 2 is 2.17 bits per heavy atom. The Bertz CT molecular complexity index is 636. The van der Waals surface area contributed by atoms with Gasteiger partial charge in [-0.1, -0.05) is 24.3 Å². The van der Waals surface area contributed by atoms with Gasteiger partial charge < -0.3 is 4.98 Å². The van der Waals surface area contributed by atoms with Gasteiger partial charge in [-0.25, -0.2) is 4.98 Å². The third-order valence-electron chi connectivity index (χ3n) is 3.47. The van der Waals surface area contributed by atoms with Crippen LogP contribution < -0.4 is 5.56 Å². The number of fused-ring (bicyclic) bond motifs is 1. The van der Waals surface area contributed by atoms with Crippen LogP contribution in [0.25, 0.3) is 0 Å². The predicted octanol–water partition coefficient (Wildman–Crippen LogP) is 2.84. The van der Waals surface area contributed by atoms with Crippen molar-refractivity contribution in [3.63, 3.8) is 0 Å². The van der Waals surface area contributed by atoms with E-state index in [4.69, 9.17) is 0 Å². The van der Waals surface area contributed by atoms with Crippen LogP contribution >= 0.6 is 22.6 Å². The third kappa shape index (κ3) is 2.09. The number of aromatic nitrogens is 2. The molecule has 1 heterocycles. The van der Waals surface area contributed by atoms with E-state index in [0.29, 0.717) is 3.57 Å². The van der Waals surface area contributed by atoms with Gasteiger partial charge in [0.2, 0.25) is 0 Å². The molecule has 92 valence electrons. The topological polar surface area (TPSA) is 45.8 Å². The quantitative estimate of drug-likeness (QED) is 0.803. The highest BCUT2D eigenvalue weighted by Crippen LogP contribution is 2.34. The maximum Gasteiger partial charge on any atom is 0.264 e. The standard InChI is InChI=1S/C14H13IN2O/c15-12-8-16-13(17-14(12)18)11-7-3-5-9-4-1-2-6-10(9)11/h1-2,4,6,8,11H,3,5,7H2,(H,16,17,18). The first kappa shape index (κ1) is 11.9. The van der Waals surface area contributed by atoms with Gasteiger partial charge in [0, 0.05) is 12.1 Å². The van der Waals surface area contributed by atoms with Gasteiger partial charge in [0.05, 0.1) is 3.57 Å². The Hall–Kier alpha value is -1.17. The number of benzene rings is 1. The molecule has 0 aliphatic heterocycles. The molecular weight excluding hydrogens is 339 g/mol. The summed E-state index contributed by atoms with van der Waals surface area (Å²) >= 11 is 2.01. The van der Waals surface area contributed by atoms with E-state index < -0.39 is 0 Å². The molecule has 18 heavy (non-hydrogen) atoms. The largest absolute Gasteiger partial charge is 0.309 e. The van der Waals surface area contributed by atoms with Crippen LogP contribution in [-0.2, 0) is 6.42 Å². The molecule has 0 saturated carbocycles. The van der Waals surface area contributed by atoms with E-state index in [1.165, 1.54) is 11.1 Å². The zero-order chi connectivity index (χ0) is 12.5. The molecule has 1 N–H and O–H groups in total. The summed E-state index contributed by atoms with van der Waals surface area (Å²) in [5, 5.41) is 0. The highest BCUT2D eigenvalue weighted by Gasteiger charge is 2.23. The summed E-state index contributed by atoms with van der Waals surface area (Å²) in [6, 6.07) is 8.46. The van der Waals surface area contributed by atoms with Gasteiger partial charge in [0.1, 0.15) is 5.82 Å². The molecule has 1 aliphatic carbocycles. The van der Waals surface area contributed by atoms with Crippen molar-refractivity contribution in [2.45, 2.75) is 25.2 Å². The van der Waals surface area contributed by atoms with E-state index in [0.717, 1.165) is 25.1 Å². The molecule has 1 aromatic heterocycles. The molecule has 0 saturated heterocycles. The Morgan fingerprint density at radius 1 is 1.33 bits per heavy atom. The molecule has 0 fully saturated rings. The molecule has 2 aromatic rings. The number of rotatable bonds is 1. The Kier molecular flexibility index (Phi) is 3.20. The van der Waals surface area contributed by atoms with Gasteiger partial charge in [0.15, 0.2) is 0 Å².